The Hall–Kier alpha value is -2.60. The minimum absolute atomic E-state index is 0.00821. The lowest BCUT2D eigenvalue weighted by Gasteiger charge is -2.16. The average Bonchev–Trinajstić information content (AvgIpc) is 3.43. The number of anilines is 1. The second-order valence-corrected chi connectivity index (χ2v) is 8.57. The summed E-state index contributed by atoms with van der Waals surface area (Å²) in [4.78, 5) is 37.3. The lowest BCUT2D eigenvalue weighted by atomic mass is 10.1. The molecule has 1 fully saturated rings. The van der Waals surface area contributed by atoms with Crippen LogP contribution < -0.4 is 5.32 Å². The van der Waals surface area contributed by atoms with Crippen molar-refractivity contribution < 1.29 is 37.0 Å². The maximum Gasteiger partial charge on any atom is 0.436 e. The summed E-state index contributed by atoms with van der Waals surface area (Å²) in [6, 6.07) is -1.19. The molecule has 0 bridgehead atoms. The number of hydrogen-bond donors (Lipinski definition) is 1. The largest absolute Gasteiger partial charge is 0.465 e. The van der Waals surface area contributed by atoms with Crippen LogP contribution in [-0.4, -0.2) is 41.8 Å². The number of aromatic nitrogens is 2. The van der Waals surface area contributed by atoms with Gasteiger partial charge in [-0.25, -0.2) is 9.59 Å². The fraction of sp³-hybridized carbons (Fsp3) is 0.474. The van der Waals surface area contributed by atoms with E-state index in [2.05, 4.69) is 15.2 Å². The number of carbonyl (C=O) groups is 3. The molecular formula is C19H19ClF3N3O5S. The van der Waals surface area contributed by atoms with Gasteiger partial charge in [-0.05, 0) is 32.3 Å². The zero-order valence-corrected chi connectivity index (χ0v) is 19.0. The molecule has 1 saturated carbocycles. The molecule has 0 spiro atoms. The van der Waals surface area contributed by atoms with Gasteiger partial charge in [0.1, 0.15) is 15.9 Å². The Morgan fingerprint density at radius 2 is 1.81 bits per heavy atom. The van der Waals surface area contributed by atoms with Crippen LogP contribution in [-0.2, 0) is 20.4 Å². The standard InChI is InChI=1S/C19H19ClF3N3O5S/c1-7-10(17(28)30-3)16(32-13(7)18(29)31-4)24-15(27)8(2)26-12(9-5-6-9)11(20)14(25-26)19(21,22)23/h8-9H,5-6H2,1-4H3,(H,24,27). The molecule has 1 N–H and O–H groups in total. The molecule has 32 heavy (non-hydrogen) atoms. The van der Waals surface area contributed by atoms with Gasteiger partial charge in [0.25, 0.3) is 0 Å². The highest BCUT2D eigenvalue weighted by Gasteiger charge is 2.43. The van der Waals surface area contributed by atoms with Crippen LogP contribution in [0.5, 0.6) is 0 Å². The summed E-state index contributed by atoms with van der Waals surface area (Å²) >= 11 is 6.77. The topological polar surface area (TPSA) is 99.5 Å². The number of halogens is 4. The molecule has 13 heteroatoms. The monoisotopic (exact) mass is 493 g/mol. The zero-order chi connectivity index (χ0) is 24.0. The Morgan fingerprint density at radius 3 is 2.31 bits per heavy atom. The SMILES string of the molecule is COC(=O)c1sc(NC(=O)C(C)n2nc(C(F)(F)F)c(Cl)c2C2CC2)c(C(=O)OC)c1C. The number of methoxy groups -OCH3 is 2. The Kier molecular flexibility index (Phi) is 6.57. The summed E-state index contributed by atoms with van der Waals surface area (Å²) < 4.78 is 50.3. The van der Waals surface area contributed by atoms with E-state index in [1.54, 1.807) is 0 Å². The van der Waals surface area contributed by atoms with Crippen molar-refractivity contribution in [2.45, 2.75) is 44.8 Å². The van der Waals surface area contributed by atoms with E-state index in [1.807, 2.05) is 0 Å². The van der Waals surface area contributed by atoms with E-state index < -0.39 is 40.8 Å². The van der Waals surface area contributed by atoms with Crippen LogP contribution in [0.4, 0.5) is 18.2 Å². The van der Waals surface area contributed by atoms with Crippen LogP contribution >= 0.6 is 22.9 Å². The lowest BCUT2D eigenvalue weighted by molar-refractivity contribution is -0.141. The number of esters is 2. The molecule has 1 unspecified atom stereocenters. The van der Waals surface area contributed by atoms with Crippen molar-refractivity contribution in [2.75, 3.05) is 19.5 Å². The number of alkyl halides is 3. The van der Waals surface area contributed by atoms with Crippen LogP contribution in [0.15, 0.2) is 0 Å². The van der Waals surface area contributed by atoms with E-state index in [0.717, 1.165) is 23.1 Å². The molecule has 3 rings (SSSR count). The molecule has 0 radical (unpaired) electrons. The summed E-state index contributed by atoms with van der Waals surface area (Å²) in [7, 11) is 2.30. The summed E-state index contributed by atoms with van der Waals surface area (Å²) in [6.45, 7) is 2.85. The second-order valence-electron chi connectivity index (χ2n) is 7.17. The molecule has 1 aliphatic rings. The van der Waals surface area contributed by atoms with E-state index >= 15 is 0 Å². The average molecular weight is 494 g/mol. The highest BCUT2D eigenvalue weighted by molar-refractivity contribution is 7.18. The lowest BCUT2D eigenvalue weighted by Crippen LogP contribution is -2.26. The molecule has 0 saturated heterocycles. The first-order valence-electron chi connectivity index (χ1n) is 9.38. The van der Waals surface area contributed by atoms with Crippen molar-refractivity contribution in [2.24, 2.45) is 0 Å². The summed E-state index contributed by atoms with van der Waals surface area (Å²) in [5.41, 5.74) is -0.907. The minimum atomic E-state index is -4.78. The molecule has 1 atom stereocenters. The number of thiophene rings is 1. The second kappa shape index (κ2) is 8.74. The van der Waals surface area contributed by atoms with E-state index in [9.17, 15) is 27.6 Å². The highest BCUT2D eigenvalue weighted by Crippen LogP contribution is 2.47. The molecule has 1 amide bonds. The number of ether oxygens (including phenoxy) is 2. The van der Waals surface area contributed by atoms with Gasteiger partial charge in [0, 0.05) is 5.92 Å². The fourth-order valence-corrected chi connectivity index (χ4v) is 4.69. The first kappa shape index (κ1) is 24.1. The predicted octanol–water partition coefficient (Wildman–Crippen LogP) is 4.58. The Bertz CT molecular complexity index is 1090. The van der Waals surface area contributed by atoms with Gasteiger partial charge in [-0.1, -0.05) is 11.6 Å². The summed E-state index contributed by atoms with van der Waals surface area (Å²) in [5.74, 6) is -2.47. The van der Waals surface area contributed by atoms with Crippen molar-refractivity contribution in [3.8, 4) is 0 Å². The van der Waals surface area contributed by atoms with Crippen molar-refractivity contribution in [1.29, 1.82) is 0 Å². The van der Waals surface area contributed by atoms with Crippen molar-refractivity contribution >= 4 is 45.8 Å². The third kappa shape index (κ3) is 4.33. The van der Waals surface area contributed by atoms with Gasteiger partial charge in [0.05, 0.1) is 30.5 Å². The van der Waals surface area contributed by atoms with Crippen LogP contribution in [0.3, 0.4) is 0 Å². The number of hydrogen-bond acceptors (Lipinski definition) is 7. The fourth-order valence-electron chi connectivity index (χ4n) is 3.19. The minimum Gasteiger partial charge on any atom is -0.465 e. The maximum absolute atomic E-state index is 13.3. The predicted molar refractivity (Wildman–Crippen MR) is 109 cm³/mol. The molecule has 1 aliphatic carbocycles. The molecule has 0 aliphatic heterocycles. The van der Waals surface area contributed by atoms with Gasteiger partial charge in [-0.15, -0.1) is 11.3 Å². The summed E-state index contributed by atoms with van der Waals surface area (Å²) in [5, 5.41) is 5.57. The van der Waals surface area contributed by atoms with Gasteiger partial charge < -0.3 is 14.8 Å². The number of carbonyl (C=O) groups excluding carboxylic acids is 3. The van der Waals surface area contributed by atoms with Crippen LogP contribution in [0.1, 0.15) is 68.7 Å². The van der Waals surface area contributed by atoms with Crippen molar-refractivity contribution in [3.05, 3.63) is 32.4 Å². The quantitative estimate of drug-likeness (QED) is 0.591. The highest BCUT2D eigenvalue weighted by atomic mass is 35.5. The first-order valence-corrected chi connectivity index (χ1v) is 10.6. The third-order valence-corrected chi connectivity index (χ3v) is 6.57. The molecule has 2 aromatic heterocycles. The van der Waals surface area contributed by atoms with Gasteiger partial charge in [0.2, 0.25) is 5.91 Å². The number of amides is 1. The van der Waals surface area contributed by atoms with Gasteiger partial charge in [0.15, 0.2) is 5.69 Å². The van der Waals surface area contributed by atoms with Crippen LogP contribution in [0, 0.1) is 6.92 Å². The van der Waals surface area contributed by atoms with Gasteiger partial charge in [-0.2, -0.15) is 18.3 Å². The maximum atomic E-state index is 13.3. The van der Waals surface area contributed by atoms with Gasteiger partial charge >= 0.3 is 18.1 Å². The van der Waals surface area contributed by atoms with E-state index in [1.165, 1.54) is 21.0 Å². The van der Waals surface area contributed by atoms with E-state index in [4.69, 9.17) is 16.3 Å². The number of nitrogens with zero attached hydrogens (tertiary/aromatic N) is 2. The summed E-state index contributed by atoms with van der Waals surface area (Å²) in [6.07, 6.45) is -3.51. The Morgan fingerprint density at radius 1 is 1.22 bits per heavy atom. The first-order chi connectivity index (χ1) is 14.9. The Labute approximate surface area is 189 Å². The zero-order valence-electron chi connectivity index (χ0n) is 17.4. The molecule has 174 valence electrons. The van der Waals surface area contributed by atoms with Crippen molar-refractivity contribution in [3.63, 3.8) is 0 Å². The van der Waals surface area contributed by atoms with Gasteiger partial charge in [-0.3, -0.25) is 9.48 Å². The molecule has 0 aromatic carbocycles. The van der Waals surface area contributed by atoms with Crippen LogP contribution in [0.25, 0.3) is 0 Å². The van der Waals surface area contributed by atoms with Crippen LogP contribution in [0.2, 0.25) is 5.02 Å². The molecular weight excluding hydrogens is 475 g/mol. The molecule has 2 heterocycles. The molecule has 2 aromatic rings. The number of nitrogens with one attached hydrogen (secondary N) is 1. The Balaban J connectivity index is 1.98. The van der Waals surface area contributed by atoms with E-state index in [-0.39, 0.29) is 32.6 Å². The van der Waals surface area contributed by atoms with E-state index in [0.29, 0.717) is 12.8 Å². The third-order valence-electron chi connectivity index (χ3n) is 5.01. The van der Waals surface area contributed by atoms with Crippen molar-refractivity contribution in [1.82, 2.24) is 9.78 Å². The number of rotatable bonds is 6. The molecule has 8 nitrogen and oxygen atoms in total. The normalized spacial score (nSPS) is 14.8. The smallest absolute Gasteiger partial charge is 0.436 e.